The number of carbonyl (C=O) groups excluding carboxylic acids is 2. The molecule has 0 aliphatic carbocycles. The van der Waals surface area contributed by atoms with E-state index in [9.17, 15) is 22.8 Å². The molecule has 2 aromatic heterocycles. The molecule has 10 heteroatoms. The van der Waals surface area contributed by atoms with Gasteiger partial charge in [-0.15, -0.1) is 0 Å². The molecule has 178 valence electrons. The lowest BCUT2D eigenvalue weighted by atomic mass is 10.1. The molecule has 0 saturated heterocycles. The lowest BCUT2D eigenvalue weighted by Gasteiger charge is -2.22. The average Bonchev–Trinajstić information content (AvgIpc) is 3.28. The molecule has 0 radical (unpaired) electrons. The maximum Gasteiger partial charge on any atom is 0.416 e. The van der Waals surface area contributed by atoms with Crippen LogP contribution in [-0.4, -0.2) is 40.1 Å². The van der Waals surface area contributed by atoms with Crippen molar-refractivity contribution >= 4 is 34.5 Å². The summed E-state index contributed by atoms with van der Waals surface area (Å²) in [6.45, 7) is -0.0489. The van der Waals surface area contributed by atoms with Gasteiger partial charge in [0.1, 0.15) is 0 Å². The van der Waals surface area contributed by atoms with E-state index in [0.717, 1.165) is 23.0 Å². The van der Waals surface area contributed by atoms with E-state index in [1.165, 1.54) is 41.6 Å². The topological polar surface area (TPSA) is 91.0 Å². The van der Waals surface area contributed by atoms with Crippen molar-refractivity contribution in [2.24, 2.45) is 0 Å². The maximum absolute atomic E-state index is 13.3. The smallest absolute Gasteiger partial charge is 0.350 e. The van der Waals surface area contributed by atoms with E-state index in [-0.39, 0.29) is 18.8 Å². The van der Waals surface area contributed by atoms with Gasteiger partial charge >= 0.3 is 6.18 Å². The summed E-state index contributed by atoms with van der Waals surface area (Å²) in [5, 5.41) is 10.5. The molecule has 0 aliphatic heterocycles. The van der Waals surface area contributed by atoms with Crippen molar-refractivity contribution in [2.45, 2.75) is 6.18 Å². The molecule has 2 aromatic carbocycles. The second-order valence-electron chi connectivity index (χ2n) is 7.52. The van der Waals surface area contributed by atoms with E-state index in [2.05, 4.69) is 20.5 Å². The Morgan fingerprint density at radius 1 is 1.06 bits per heavy atom. The first-order chi connectivity index (χ1) is 16.8. The minimum atomic E-state index is -4.57. The average molecular weight is 479 g/mol. The second-order valence-corrected chi connectivity index (χ2v) is 7.52. The molecular formula is C25H20F3N5O2. The molecule has 0 unspecified atom stereocenters. The first-order valence-electron chi connectivity index (χ1n) is 10.6. The first kappa shape index (κ1) is 23.7. The summed E-state index contributed by atoms with van der Waals surface area (Å²) in [7, 11) is 0. The highest BCUT2D eigenvalue weighted by Crippen LogP contribution is 2.31. The fraction of sp³-hybridized carbons (Fsp3) is 0.120. The Balaban J connectivity index is 1.55. The normalized spacial score (nSPS) is 11.6. The SMILES string of the molecule is O=C(NCCN(C(=O)/C=C/c1n[nH]c2ccccc12)c1cccc(C(F)(F)F)c1)c1cccnc1. The summed E-state index contributed by atoms with van der Waals surface area (Å²) in [6.07, 6.45) is 1.09. The number of halogens is 3. The molecule has 2 N–H and O–H groups in total. The molecule has 7 nitrogen and oxygen atoms in total. The van der Waals surface area contributed by atoms with Crippen molar-refractivity contribution in [3.05, 3.63) is 96.0 Å². The van der Waals surface area contributed by atoms with Crippen molar-refractivity contribution in [1.29, 1.82) is 0 Å². The number of fused-ring (bicyclic) bond motifs is 1. The number of pyridine rings is 1. The molecule has 2 amide bonds. The monoisotopic (exact) mass is 479 g/mol. The molecule has 0 bridgehead atoms. The Morgan fingerprint density at radius 2 is 1.89 bits per heavy atom. The van der Waals surface area contributed by atoms with Gasteiger partial charge in [-0.25, -0.2) is 0 Å². The summed E-state index contributed by atoms with van der Waals surface area (Å²) in [4.78, 5) is 30.4. The van der Waals surface area contributed by atoms with Gasteiger partial charge in [-0.1, -0.05) is 24.3 Å². The predicted octanol–water partition coefficient (Wildman–Crippen LogP) is 4.45. The van der Waals surface area contributed by atoms with Gasteiger partial charge in [0.25, 0.3) is 11.8 Å². The van der Waals surface area contributed by atoms with Crippen LogP contribution in [0, 0.1) is 0 Å². The maximum atomic E-state index is 13.3. The summed E-state index contributed by atoms with van der Waals surface area (Å²) < 4.78 is 39.8. The van der Waals surface area contributed by atoms with Gasteiger partial charge in [-0.3, -0.25) is 19.7 Å². The lowest BCUT2D eigenvalue weighted by Crippen LogP contribution is -2.38. The van der Waals surface area contributed by atoms with Crippen LogP contribution in [0.15, 0.2) is 79.1 Å². The van der Waals surface area contributed by atoms with Gasteiger partial charge in [-0.2, -0.15) is 18.3 Å². The van der Waals surface area contributed by atoms with Crippen molar-refractivity contribution in [2.75, 3.05) is 18.0 Å². The number of anilines is 1. The van der Waals surface area contributed by atoms with Gasteiger partial charge in [0, 0.05) is 42.6 Å². The zero-order valence-corrected chi connectivity index (χ0v) is 18.3. The van der Waals surface area contributed by atoms with E-state index in [4.69, 9.17) is 0 Å². The third kappa shape index (κ3) is 5.72. The highest BCUT2D eigenvalue weighted by Gasteiger charge is 2.31. The lowest BCUT2D eigenvalue weighted by molar-refractivity contribution is -0.137. The molecule has 0 spiro atoms. The predicted molar refractivity (Wildman–Crippen MR) is 125 cm³/mol. The number of hydrogen-bond donors (Lipinski definition) is 2. The van der Waals surface area contributed by atoms with Crippen molar-refractivity contribution < 1.29 is 22.8 Å². The van der Waals surface area contributed by atoms with Crippen LogP contribution in [0.5, 0.6) is 0 Å². The number of aromatic nitrogens is 3. The highest BCUT2D eigenvalue weighted by molar-refractivity contribution is 6.05. The first-order valence-corrected chi connectivity index (χ1v) is 10.6. The van der Waals surface area contributed by atoms with E-state index in [1.807, 2.05) is 24.3 Å². The molecule has 0 saturated carbocycles. The number of amides is 2. The van der Waals surface area contributed by atoms with Gasteiger partial charge in [0.2, 0.25) is 0 Å². The van der Waals surface area contributed by atoms with Gasteiger partial charge in [0.05, 0.1) is 22.3 Å². The third-order valence-corrected chi connectivity index (χ3v) is 5.18. The Bertz CT molecular complexity index is 1370. The number of benzene rings is 2. The van der Waals surface area contributed by atoms with Gasteiger partial charge < -0.3 is 10.2 Å². The van der Waals surface area contributed by atoms with Crippen LogP contribution in [0.3, 0.4) is 0 Å². The van der Waals surface area contributed by atoms with Crippen molar-refractivity contribution in [3.8, 4) is 0 Å². The van der Waals surface area contributed by atoms with Crippen LogP contribution < -0.4 is 10.2 Å². The number of aromatic amines is 1. The standard InChI is InChI=1S/C25H20F3N5O2/c26-25(27,28)18-6-3-7-19(15-18)33(14-13-30-24(35)17-5-4-12-29-16-17)23(34)11-10-22-20-8-1-2-9-21(20)31-32-22/h1-12,15-16H,13-14H2,(H,30,35)(H,31,32)/b11-10+. The van der Waals surface area contributed by atoms with E-state index in [1.54, 1.807) is 12.1 Å². The molecule has 35 heavy (non-hydrogen) atoms. The van der Waals surface area contributed by atoms with Crippen LogP contribution in [0.1, 0.15) is 21.6 Å². The molecule has 0 atom stereocenters. The number of para-hydroxylation sites is 1. The van der Waals surface area contributed by atoms with Gasteiger partial charge in [-0.05, 0) is 42.5 Å². The number of hydrogen-bond acceptors (Lipinski definition) is 4. The Morgan fingerprint density at radius 3 is 2.66 bits per heavy atom. The molecule has 0 fully saturated rings. The van der Waals surface area contributed by atoms with E-state index in [0.29, 0.717) is 11.3 Å². The quantitative estimate of drug-likeness (QED) is 0.383. The molecule has 0 aliphatic rings. The molecular weight excluding hydrogens is 459 g/mol. The van der Waals surface area contributed by atoms with E-state index >= 15 is 0 Å². The summed E-state index contributed by atoms with van der Waals surface area (Å²) in [5.74, 6) is -0.972. The van der Waals surface area contributed by atoms with Crippen molar-refractivity contribution in [1.82, 2.24) is 20.5 Å². The summed E-state index contributed by atoms with van der Waals surface area (Å²) in [6, 6.07) is 15.0. The minimum absolute atomic E-state index is 0.00882. The fourth-order valence-corrected chi connectivity index (χ4v) is 3.45. The van der Waals surface area contributed by atoms with Crippen molar-refractivity contribution in [3.63, 3.8) is 0 Å². The number of H-pyrrole nitrogens is 1. The van der Waals surface area contributed by atoms with Crippen LogP contribution in [0.2, 0.25) is 0 Å². The fourth-order valence-electron chi connectivity index (χ4n) is 3.45. The minimum Gasteiger partial charge on any atom is -0.350 e. The Labute approximate surface area is 198 Å². The molecule has 2 heterocycles. The molecule has 4 rings (SSSR count). The Kier molecular flexibility index (Phi) is 6.91. The van der Waals surface area contributed by atoms with Gasteiger partial charge in [0.15, 0.2) is 0 Å². The summed E-state index contributed by atoms with van der Waals surface area (Å²) in [5.41, 5.74) is 0.802. The molecule has 4 aromatic rings. The second kappa shape index (κ2) is 10.2. The zero-order valence-electron chi connectivity index (χ0n) is 18.3. The number of carbonyl (C=O) groups is 2. The zero-order chi connectivity index (χ0) is 24.8. The Hall–Kier alpha value is -4.47. The summed E-state index contributed by atoms with van der Waals surface area (Å²) >= 11 is 0. The number of nitrogens with one attached hydrogen (secondary N) is 2. The van der Waals surface area contributed by atoms with Crippen LogP contribution in [0.4, 0.5) is 18.9 Å². The third-order valence-electron chi connectivity index (χ3n) is 5.18. The highest BCUT2D eigenvalue weighted by atomic mass is 19.4. The van der Waals surface area contributed by atoms with Crippen LogP contribution in [-0.2, 0) is 11.0 Å². The number of nitrogens with zero attached hydrogens (tertiary/aromatic N) is 3. The van der Waals surface area contributed by atoms with E-state index < -0.39 is 23.6 Å². The number of alkyl halides is 3. The van der Waals surface area contributed by atoms with Crippen LogP contribution >= 0.6 is 0 Å². The largest absolute Gasteiger partial charge is 0.416 e. The van der Waals surface area contributed by atoms with Crippen LogP contribution in [0.25, 0.3) is 17.0 Å². The number of rotatable bonds is 7.